The van der Waals surface area contributed by atoms with Crippen molar-refractivity contribution in [2.75, 3.05) is 6.54 Å². The van der Waals surface area contributed by atoms with Gasteiger partial charge in [-0.3, -0.25) is 4.68 Å². The Labute approximate surface area is 109 Å². The second-order valence-corrected chi connectivity index (χ2v) is 5.74. The van der Waals surface area contributed by atoms with Crippen molar-refractivity contribution in [2.24, 2.45) is 11.8 Å². The van der Waals surface area contributed by atoms with Gasteiger partial charge in [-0.05, 0) is 38.6 Å². The summed E-state index contributed by atoms with van der Waals surface area (Å²) in [5.41, 5.74) is 1.16. The molecule has 2 rings (SSSR count). The molecule has 3 atom stereocenters. The smallest absolute Gasteiger partial charge is 0.0834 e. The molecule has 0 saturated heterocycles. The lowest BCUT2D eigenvalue weighted by Crippen LogP contribution is -2.27. The number of aromatic nitrogens is 2. The molecule has 0 spiro atoms. The summed E-state index contributed by atoms with van der Waals surface area (Å²) in [7, 11) is 0. The van der Waals surface area contributed by atoms with E-state index in [2.05, 4.69) is 42.8 Å². The van der Waals surface area contributed by atoms with Crippen LogP contribution in [0, 0.1) is 11.8 Å². The maximum absolute atomic E-state index is 6.32. The second-order valence-electron chi connectivity index (χ2n) is 5.33. The molecule has 0 aliphatic heterocycles. The first-order valence-electron chi connectivity index (χ1n) is 6.52. The summed E-state index contributed by atoms with van der Waals surface area (Å²) >= 11 is 6.32. The molecule has 0 radical (unpaired) electrons. The maximum Gasteiger partial charge on any atom is 0.0834 e. The highest BCUT2D eigenvalue weighted by molar-refractivity contribution is 6.31. The Morgan fingerprint density at radius 2 is 2.24 bits per heavy atom. The normalized spacial score (nSPS) is 25.3. The van der Waals surface area contributed by atoms with Gasteiger partial charge < -0.3 is 5.32 Å². The zero-order chi connectivity index (χ0) is 12.6. The molecule has 1 saturated carbocycles. The molecular weight excluding hydrogens is 234 g/mol. The van der Waals surface area contributed by atoms with E-state index in [4.69, 9.17) is 11.6 Å². The van der Waals surface area contributed by atoms with Gasteiger partial charge in [0.15, 0.2) is 0 Å². The SMILES string of the molecule is CCNC(c1c(Cl)cnn1C(C)C)C1CC1C. The minimum atomic E-state index is 0.354. The topological polar surface area (TPSA) is 29.9 Å². The van der Waals surface area contributed by atoms with Gasteiger partial charge in [0.2, 0.25) is 0 Å². The van der Waals surface area contributed by atoms with Crippen LogP contribution in [0.15, 0.2) is 6.20 Å². The van der Waals surface area contributed by atoms with Crippen LogP contribution in [-0.2, 0) is 0 Å². The van der Waals surface area contributed by atoms with Crippen LogP contribution in [0.2, 0.25) is 5.02 Å². The number of halogens is 1. The fourth-order valence-corrected chi connectivity index (χ4v) is 2.79. The van der Waals surface area contributed by atoms with Crippen LogP contribution < -0.4 is 5.32 Å². The number of hydrogen-bond donors (Lipinski definition) is 1. The fourth-order valence-electron chi connectivity index (χ4n) is 2.54. The van der Waals surface area contributed by atoms with Gasteiger partial charge in [0.05, 0.1) is 23.0 Å². The van der Waals surface area contributed by atoms with Crippen molar-refractivity contribution < 1.29 is 0 Å². The van der Waals surface area contributed by atoms with Gasteiger partial charge in [0.1, 0.15) is 0 Å². The summed E-state index contributed by atoms with van der Waals surface area (Å²) in [6, 6.07) is 0.708. The van der Waals surface area contributed by atoms with Crippen LogP contribution in [0.25, 0.3) is 0 Å². The van der Waals surface area contributed by atoms with E-state index in [1.807, 2.05) is 0 Å². The van der Waals surface area contributed by atoms with Crippen molar-refractivity contribution in [2.45, 2.75) is 46.2 Å². The lowest BCUT2D eigenvalue weighted by atomic mass is 10.1. The van der Waals surface area contributed by atoms with Gasteiger partial charge >= 0.3 is 0 Å². The minimum Gasteiger partial charge on any atom is -0.309 e. The van der Waals surface area contributed by atoms with E-state index in [-0.39, 0.29) is 0 Å². The number of nitrogens with one attached hydrogen (secondary N) is 1. The standard InChI is InChI=1S/C13H22ClN3/c1-5-15-12(10-6-9(10)4)13-11(14)7-16-17(13)8(2)3/h7-10,12,15H,5-6H2,1-4H3. The summed E-state index contributed by atoms with van der Waals surface area (Å²) in [6.07, 6.45) is 3.06. The van der Waals surface area contributed by atoms with E-state index in [0.29, 0.717) is 18.0 Å². The molecule has 1 fully saturated rings. The quantitative estimate of drug-likeness (QED) is 0.874. The molecule has 3 nitrogen and oxygen atoms in total. The van der Waals surface area contributed by atoms with Gasteiger partial charge in [-0.2, -0.15) is 5.10 Å². The third-order valence-corrected chi connectivity index (χ3v) is 3.89. The van der Waals surface area contributed by atoms with Crippen LogP contribution in [0.5, 0.6) is 0 Å². The average molecular weight is 256 g/mol. The highest BCUT2D eigenvalue weighted by Gasteiger charge is 2.42. The highest BCUT2D eigenvalue weighted by atomic mass is 35.5. The summed E-state index contributed by atoms with van der Waals surface area (Å²) in [5, 5.41) is 8.76. The van der Waals surface area contributed by atoms with Crippen LogP contribution in [0.4, 0.5) is 0 Å². The molecule has 0 amide bonds. The zero-order valence-electron chi connectivity index (χ0n) is 11.1. The van der Waals surface area contributed by atoms with Crippen molar-refractivity contribution in [1.82, 2.24) is 15.1 Å². The van der Waals surface area contributed by atoms with E-state index < -0.39 is 0 Å². The number of nitrogens with zero attached hydrogens (tertiary/aromatic N) is 2. The van der Waals surface area contributed by atoms with Crippen LogP contribution in [-0.4, -0.2) is 16.3 Å². The summed E-state index contributed by atoms with van der Waals surface area (Å²) in [4.78, 5) is 0. The largest absolute Gasteiger partial charge is 0.309 e. The summed E-state index contributed by atoms with van der Waals surface area (Å²) in [5.74, 6) is 1.51. The van der Waals surface area contributed by atoms with Gasteiger partial charge in [-0.25, -0.2) is 0 Å². The van der Waals surface area contributed by atoms with Crippen molar-refractivity contribution in [1.29, 1.82) is 0 Å². The first kappa shape index (κ1) is 12.9. The monoisotopic (exact) mass is 255 g/mol. The Hall–Kier alpha value is -0.540. The molecule has 1 N–H and O–H groups in total. The van der Waals surface area contributed by atoms with Crippen molar-refractivity contribution >= 4 is 11.6 Å². The zero-order valence-corrected chi connectivity index (χ0v) is 11.8. The summed E-state index contributed by atoms with van der Waals surface area (Å²) < 4.78 is 2.06. The molecule has 96 valence electrons. The molecule has 17 heavy (non-hydrogen) atoms. The first-order chi connectivity index (χ1) is 8.06. The summed E-state index contributed by atoms with van der Waals surface area (Å²) in [6.45, 7) is 9.70. The molecule has 1 aromatic heterocycles. The number of rotatable bonds is 5. The van der Waals surface area contributed by atoms with Gasteiger partial charge in [0.25, 0.3) is 0 Å². The van der Waals surface area contributed by atoms with Crippen molar-refractivity contribution in [3.63, 3.8) is 0 Å². The third-order valence-electron chi connectivity index (χ3n) is 3.59. The Bertz CT molecular complexity index is 386. The predicted molar refractivity (Wildman–Crippen MR) is 71.3 cm³/mol. The Kier molecular flexibility index (Phi) is 3.79. The van der Waals surface area contributed by atoms with Crippen LogP contribution >= 0.6 is 11.6 Å². The molecule has 0 bridgehead atoms. The average Bonchev–Trinajstić information content (AvgIpc) is 2.84. The molecule has 1 aliphatic rings. The highest BCUT2D eigenvalue weighted by Crippen LogP contribution is 2.48. The Morgan fingerprint density at radius 3 is 2.71 bits per heavy atom. The molecular formula is C13H22ClN3. The van der Waals surface area contributed by atoms with Gasteiger partial charge in [0, 0.05) is 6.04 Å². The van der Waals surface area contributed by atoms with Crippen LogP contribution in [0.3, 0.4) is 0 Å². The maximum atomic E-state index is 6.32. The molecule has 3 unspecified atom stereocenters. The minimum absolute atomic E-state index is 0.354. The van der Waals surface area contributed by atoms with Crippen molar-refractivity contribution in [3.8, 4) is 0 Å². The Balaban J connectivity index is 2.31. The van der Waals surface area contributed by atoms with E-state index in [1.54, 1.807) is 6.20 Å². The molecule has 4 heteroatoms. The number of hydrogen-bond acceptors (Lipinski definition) is 2. The lowest BCUT2D eigenvalue weighted by molar-refractivity contribution is 0.411. The van der Waals surface area contributed by atoms with E-state index in [1.165, 1.54) is 6.42 Å². The van der Waals surface area contributed by atoms with E-state index >= 15 is 0 Å². The third kappa shape index (κ3) is 2.50. The van der Waals surface area contributed by atoms with Crippen molar-refractivity contribution in [3.05, 3.63) is 16.9 Å². The fraction of sp³-hybridized carbons (Fsp3) is 0.769. The Morgan fingerprint density at radius 1 is 1.59 bits per heavy atom. The van der Waals surface area contributed by atoms with E-state index in [9.17, 15) is 0 Å². The molecule has 1 heterocycles. The molecule has 0 aromatic carbocycles. The molecule has 1 aromatic rings. The first-order valence-corrected chi connectivity index (χ1v) is 6.90. The van der Waals surface area contributed by atoms with E-state index in [0.717, 1.165) is 23.2 Å². The van der Waals surface area contributed by atoms with Gasteiger partial charge in [-0.1, -0.05) is 25.4 Å². The lowest BCUT2D eigenvalue weighted by Gasteiger charge is -2.21. The van der Waals surface area contributed by atoms with Crippen LogP contribution in [0.1, 0.15) is 51.9 Å². The molecule has 1 aliphatic carbocycles. The predicted octanol–water partition coefficient (Wildman–Crippen LogP) is 3.42. The second kappa shape index (κ2) is 4.99. The van der Waals surface area contributed by atoms with Gasteiger partial charge in [-0.15, -0.1) is 0 Å².